The average molecular weight is 347 g/mol. The molecule has 0 bridgehead atoms. The summed E-state index contributed by atoms with van der Waals surface area (Å²) in [6.07, 6.45) is 5.33. The first-order valence-electron chi connectivity index (χ1n) is 8.42. The Balaban J connectivity index is 1.54. The number of halogens is 1. The molecule has 1 unspecified atom stereocenters. The lowest BCUT2D eigenvalue weighted by Gasteiger charge is -2.14. The molecular weight excluding hydrogens is 329 g/mol. The Morgan fingerprint density at radius 3 is 2.81 bits per heavy atom. The maximum atomic E-state index is 13.6. The van der Waals surface area contributed by atoms with Crippen LogP contribution in [-0.4, -0.2) is 19.7 Å². The van der Waals surface area contributed by atoms with Crippen molar-refractivity contribution in [3.63, 3.8) is 0 Å². The molecule has 0 spiro atoms. The van der Waals surface area contributed by atoms with E-state index in [1.807, 2.05) is 42.2 Å². The largest absolute Gasteiger partial charge is 0.363 e. The highest BCUT2D eigenvalue weighted by Crippen LogP contribution is 2.24. The van der Waals surface area contributed by atoms with E-state index in [-0.39, 0.29) is 11.9 Å². The standard InChI is InChI=1S/C20H18FN5/c1-14(16-10-24-26(12-16)11-15-5-3-2-4-6-15)25-20-18-9-17(21)7-8-19(18)22-13-23-20/h2-10,12-14H,11H2,1H3,(H,22,23,25). The van der Waals surface area contributed by atoms with Crippen molar-refractivity contribution in [1.82, 2.24) is 19.7 Å². The van der Waals surface area contributed by atoms with Gasteiger partial charge in [0.15, 0.2) is 0 Å². The van der Waals surface area contributed by atoms with E-state index in [2.05, 4.69) is 32.5 Å². The van der Waals surface area contributed by atoms with Crippen molar-refractivity contribution in [3.8, 4) is 0 Å². The molecular formula is C20H18FN5. The van der Waals surface area contributed by atoms with E-state index < -0.39 is 0 Å². The summed E-state index contributed by atoms with van der Waals surface area (Å²) in [5, 5.41) is 8.43. The van der Waals surface area contributed by atoms with E-state index in [1.165, 1.54) is 24.0 Å². The van der Waals surface area contributed by atoms with Crippen LogP contribution in [0.25, 0.3) is 10.9 Å². The lowest BCUT2D eigenvalue weighted by Crippen LogP contribution is -2.08. The Morgan fingerprint density at radius 2 is 1.96 bits per heavy atom. The molecule has 0 saturated carbocycles. The van der Waals surface area contributed by atoms with Crippen LogP contribution in [0.3, 0.4) is 0 Å². The SMILES string of the molecule is CC(Nc1ncnc2ccc(F)cc12)c1cnn(Cc2ccccc2)c1. The molecule has 6 heteroatoms. The minimum Gasteiger partial charge on any atom is -0.363 e. The Bertz CT molecular complexity index is 1030. The molecule has 1 atom stereocenters. The molecule has 4 rings (SSSR count). The van der Waals surface area contributed by atoms with Crippen LogP contribution in [0.4, 0.5) is 10.2 Å². The fourth-order valence-electron chi connectivity index (χ4n) is 2.89. The van der Waals surface area contributed by atoms with Gasteiger partial charge in [0.2, 0.25) is 0 Å². The minimum absolute atomic E-state index is 0.0270. The summed E-state index contributed by atoms with van der Waals surface area (Å²) in [7, 11) is 0. The van der Waals surface area contributed by atoms with Gasteiger partial charge in [0.1, 0.15) is 18.0 Å². The number of rotatable bonds is 5. The monoisotopic (exact) mass is 347 g/mol. The molecule has 4 aromatic rings. The van der Waals surface area contributed by atoms with E-state index in [1.54, 1.807) is 6.07 Å². The minimum atomic E-state index is -0.307. The summed E-state index contributed by atoms with van der Waals surface area (Å²) in [5.74, 6) is 0.302. The number of fused-ring (bicyclic) bond motifs is 1. The summed E-state index contributed by atoms with van der Waals surface area (Å²) in [6, 6.07) is 14.7. The van der Waals surface area contributed by atoms with Gasteiger partial charge >= 0.3 is 0 Å². The smallest absolute Gasteiger partial charge is 0.137 e. The molecule has 2 aromatic heterocycles. The Hall–Kier alpha value is -3.28. The van der Waals surface area contributed by atoms with Gasteiger partial charge < -0.3 is 5.32 Å². The summed E-state index contributed by atoms with van der Waals surface area (Å²) < 4.78 is 15.5. The Labute approximate surface area is 150 Å². The third-order valence-corrected chi connectivity index (χ3v) is 4.29. The first-order chi connectivity index (χ1) is 12.7. The van der Waals surface area contributed by atoms with E-state index in [4.69, 9.17) is 0 Å². The molecule has 2 aromatic carbocycles. The summed E-state index contributed by atoms with van der Waals surface area (Å²) in [6.45, 7) is 2.74. The highest BCUT2D eigenvalue weighted by atomic mass is 19.1. The van der Waals surface area contributed by atoms with Crippen molar-refractivity contribution in [1.29, 1.82) is 0 Å². The highest BCUT2D eigenvalue weighted by Gasteiger charge is 2.12. The van der Waals surface area contributed by atoms with Crippen LogP contribution < -0.4 is 5.32 Å². The molecule has 5 nitrogen and oxygen atoms in total. The predicted octanol–water partition coefficient (Wildman–Crippen LogP) is 4.19. The predicted molar refractivity (Wildman–Crippen MR) is 99.3 cm³/mol. The maximum absolute atomic E-state index is 13.6. The molecule has 0 saturated heterocycles. The van der Waals surface area contributed by atoms with Crippen LogP contribution >= 0.6 is 0 Å². The van der Waals surface area contributed by atoms with Gasteiger partial charge in [-0.05, 0) is 30.7 Å². The lowest BCUT2D eigenvalue weighted by molar-refractivity contribution is 0.629. The Kier molecular flexibility index (Phi) is 4.31. The third-order valence-electron chi connectivity index (χ3n) is 4.29. The number of anilines is 1. The highest BCUT2D eigenvalue weighted by molar-refractivity contribution is 5.88. The van der Waals surface area contributed by atoms with Crippen LogP contribution in [0, 0.1) is 5.82 Å². The second kappa shape index (κ2) is 6.92. The van der Waals surface area contributed by atoms with Crippen molar-refractivity contribution in [2.45, 2.75) is 19.5 Å². The van der Waals surface area contributed by atoms with E-state index in [9.17, 15) is 4.39 Å². The molecule has 0 fully saturated rings. The van der Waals surface area contributed by atoms with E-state index in [0.717, 1.165) is 12.1 Å². The van der Waals surface area contributed by atoms with Gasteiger partial charge in [-0.25, -0.2) is 14.4 Å². The topological polar surface area (TPSA) is 55.6 Å². The molecule has 0 aliphatic heterocycles. The van der Waals surface area contributed by atoms with Gasteiger partial charge in [-0.15, -0.1) is 0 Å². The van der Waals surface area contributed by atoms with Gasteiger partial charge in [0.05, 0.1) is 24.3 Å². The fraction of sp³-hybridized carbons (Fsp3) is 0.150. The molecule has 130 valence electrons. The number of aromatic nitrogens is 4. The molecule has 0 aliphatic carbocycles. The first-order valence-corrected chi connectivity index (χ1v) is 8.42. The van der Waals surface area contributed by atoms with Gasteiger partial charge in [0, 0.05) is 17.1 Å². The van der Waals surface area contributed by atoms with Crippen molar-refractivity contribution < 1.29 is 4.39 Å². The molecule has 0 amide bonds. The summed E-state index contributed by atoms with van der Waals surface area (Å²) in [4.78, 5) is 8.45. The molecule has 0 aliphatic rings. The van der Waals surface area contributed by atoms with Gasteiger partial charge in [-0.3, -0.25) is 4.68 Å². The molecule has 1 N–H and O–H groups in total. The number of nitrogens with one attached hydrogen (secondary N) is 1. The first kappa shape index (κ1) is 16.2. The number of benzene rings is 2. The van der Waals surface area contributed by atoms with Crippen LogP contribution in [0.2, 0.25) is 0 Å². The second-order valence-electron chi connectivity index (χ2n) is 6.21. The van der Waals surface area contributed by atoms with Crippen molar-refractivity contribution >= 4 is 16.7 Å². The quantitative estimate of drug-likeness (QED) is 0.588. The van der Waals surface area contributed by atoms with Crippen molar-refractivity contribution in [2.75, 3.05) is 5.32 Å². The second-order valence-corrected chi connectivity index (χ2v) is 6.21. The van der Waals surface area contributed by atoms with Gasteiger partial charge in [-0.1, -0.05) is 30.3 Å². The van der Waals surface area contributed by atoms with Crippen LogP contribution in [-0.2, 0) is 6.54 Å². The summed E-state index contributed by atoms with van der Waals surface area (Å²) >= 11 is 0. The molecule has 0 radical (unpaired) electrons. The maximum Gasteiger partial charge on any atom is 0.137 e. The Morgan fingerprint density at radius 1 is 1.12 bits per heavy atom. The van der Waals surface area contributed by atoms with E-state index >= 15 is 0 Å². The van der Waals surface area contributed by atoms with Crippen molar-refractivity contribution in [2.24, 2.45) is 0 Å². The average Bonchev–Trinajstić information content (AvgIpc) is 3.12. The lowest BCUT2D eigenvalue weighted by atomic mass is 10.1. The zero-order chi connectivity index (χ0) is 17.9. The summed E-state index contributed by atoms with van der Waals surface area (Å²) in [5.41, 5.74) is 2.93. The number of nitrogens with zero attached hydrogens (tertiary/aromatic N) is 4. The van der Waals surface area contributed by atoms with Crippen LogP contribution in [0.1, 0.15) is 24.1 Å². The van der Waals surface area contributed by atoms with Crippen molar-refractivity contribution in [3.05, 3.63) is 84.2 Å². The number of hydrogen-bond donors (Lipinski definition) is 1. The fourth-order valence-corrected chi connectivity index (χ4v) is 2.89. The van der Waals surface area contributed by atoms with E-state index in [0.29, 0.717) is 16.7 Å². The zero-order valence-corrected chi connectivity index (χ0v) is 14.3. The zero-order valence-electron chi connectivity index (χ0n) is 14.3. The van der Waals surface area contributed by atoms with Crippen LogP contribution in [0.5, 0.6) is 0 Å². The third kappa shape index (κ3) is 3.39. The van der Waals surface area contributed by atoms with Gasteiger partial charge in [0.25, 0.3) is 0 Å². The molecule has 26 heavy (non-hydrogen) atoms. The molecule has 2 heterocycles. The normalized spacial score (nSPS) is 12.2. The van der Waals surface area contributed by atoms with Gasteiger partial charge in [-0.2, -0.15) is 5.10 Å². The van der Waals surface area contributed by atoms with Crippen LogP contribution in [0.15, 0.2) is 67.3 Å². The number of hydrogen-bond acceptors (Lipinski definition) is 4.